The molecule has 4 nitrogen and oxygen atoms in total. The molecule has 0 radical (unpaired) electrons. The SMILES string of the molecule is CC(C)(C)c1ccc(N2c3cc(C(C)(C)C)cc4c3B(c3c2oc2ccc(C(C)(C)C)cc32)n2c3ccccc3c3cc5c(c-4c32)c2ccccc2n5-c2ccccc2)cc1. The maximum absolute atomic E-state index is 7.26. The van der Waals surface area contributed by atoms with Gasteiger partial charge in [-0.2, -0.15) is 0 Å². The minimum Gasteiger partial charge on any atom is -0.440 e. The number of nitrogens with zero attached hydrogens (tertiary/aromatic N) is 3. The van der Waals surface area contributed by atoms with Gasteiger partial charge in [0.2, 0.25) is 5.88 Å². The maximum atomic E-state index is 7.26. The second-order valence-corrected chi connectivity index (χ2v) is 20.6. The first-order valence-corrected chi connectivity index (χ1v) is 21.9. The van der Waals surface area contributed by atoms with E-state index < -0.39 is 0 Å². The summed E-state index contributed by atoms with van der Waals surface area (Å²) in [4.78, 5) is 2.45. The van der Waals surface area contributed by atoms with E-state index in [4.69, 9.17) is 4.42 Å². The summed E-state index contributed by atoms with van der Waals surface area (Å²) < 4.78 is 12.4. The summed E-state index contributed by atoms with van der Waals surface area (Å²) in [6.45, 7) is 20.7. The molecule has 298 valence electrons. The molecule has 0 atom stereocenters. The van der Waals surface area contributed by atoms with Crippen LogP contribution < -0.4 is 15.8 Å². The number of rotatable bonds is 2. The van der Waals surface area contributed by atoms with Crippen molar-refractivity contribution in [1.82, 2.24) is 9.05 Å². The molecule has 5 heterocycles. The molecule has 0 N–H and O–H groups in total. The van der Waals surface area contributed by atoms with Crippen LogP contribution in [-0.4, -0.2) is 15.9 Å². The standard InChI is InChI=1S/C56H50BN3O/c1-54(2,3)33-23-26-37(27-24-33)59-46-31-35(56(7,8)9)30-42-49-48-39-20-14-15-21-43(39)58(36-17-11-10-12-18-36)45(48)32-40-38-19-13-16-22-44(38)60(52(40)49)57(50(42)46)51-41-29-34(55(4,5)6)25-28-47(41)61-53(51)59/h10-32H,1-9H3. The van der Waals surface area contributed by atoms with Crippen LogP contribution in [0.1, 0.15) is 79.0 Å². The highest BCUT2D eigenvalue weighted by molar-refractivity contribution is 6.91. The second-order valence-electron chi connectivity index (χ2n) is 20.6. The zero-order valence-electron chi connectivity index (χ0n) is 36.6. The van der Waals surface area contributed by atoms with Gasteiger partial charge in [0.25, 0.3) is 0 Å². The summed E-state index contributed by atoms with van der Waals surface area (Å²) in [5.41, 5.74) is 18.2. The van der Waals surface area contributed by atoms with E-state index in [1.807, 2.05) is 0 Å². The summed E-state index contributed by atoms with van der Waals surface area (Å²) >= 11 is 0. The lowest BCUT2D eigenvalue weighted by molar-refractivity contribution is 0.588. The Morgan fingerprint density at radius 1 is 0.475 bits per heavy atom. The Labute approximate surface area is 358 Å². The smallest absolute Gasteiger partial charge is 0.337 e. The third kappa shape index (κ3) is 5.01. The minimum atomic E-state index is -0.134. The molecule has 0 saturated carbocycles. The molecule has 3 aromatic heterocycles. The molecule has 61 heavy (non-hydrogen) atoms. The van der Waals surface area contributed by atoms with Crippen LogP contribution in [0.4, 0.5) is 17.3 Å². The van der Waals surface area contributed by atoms with Gasteiger partial charge in [-0.1, -0.05) is 141 Å². The lowest BCUT2D eigenvalue weighted by atomic mass is 9.45. The first kappa shape index (κ1) is 36.4. The normalized spacial score (nSPS) is 13.9. The van der Waals surface area contributed by atoms with Gasteiger partial charge in [0.15, 0.2) is 0 Å². The molecule has 5 heteroatoms. The first-order chi connectivity index (χ1) is 29.2. The highest BCUT2D eigenvalue weighted by Gasteiger charge is 2.47. The Kier molecular flexibility index (Phi) is 7.22. The molecule has 0 aliphatic carbocycles. The van der Waals surface area contributed by atoms with E-state index in [-0.39, 0.29) is 23.1 Å². The number of furan rings is 1. The van der Waals surface area contributed by atoms with Gasteiger partial charge >= 0.3 is 6.85 Å². The minimum absolute atomic E-state index is 0.0274. The van der Waals surface area contributed by atoms with Crippen molar-refractivity contribution in [3.8, 4) is 16.8 Å². The van der Waals surface area contributed by atoms with E-state index in [1.54, 1.807) is 0 Å². The molecule has 12 rings (SSSR count). The number of benzene rings is 7. The number of hydrogen-bond donors (Lipinski definition) is 0. The molecule has 0 unspecified atom stereocenters. The van der Waals surface area contributed by atoms with Crippen molar-refractivity contribution >= 4 is 89.6 Å². The molecular weight excluding hydrogens is 741 g/mol. The van der Waals surface area contributed by atoms with Crippen LogP contribution in [0.15, 0.2) is 144 Å². The highest BCUT2D eigenvalue weighted by atomic mass is 16.4. The number of aromatic nitrogens is 2. The average Bonchev–Trinajstić information content (AvgIpc) is 3.89. The van der Waals surface area contributed by atoms with Gasteiger partial charge in [0.05, 0.1) is 11.0 Å². The molecule has 0 bridgehead atoms. The van der Waals surface area contributed by atoms with Crippen LogP contribution in [0.2, 0.25) is 0 Å². The van der Waals surface area contributed by atoms with Gasteiger partial charge in [-0.05, 0) is 105 Å². The summed E-state index contributed by atoms with van der Waals surface area (Å²) in [5, 5.41) is 6.27. The third-order valence-electron chi connectivity index (χ3n) is 13.8. The van der Waals surface area contributed by atoms with Crippen molar-refractivity contribution in [1.29, 1.82) is 0 Å². The molecule has 2 aliphatic heterocycles. The number of fused-ring (bicyclic) bond motifs is 13. The molecule has 0 spiro atoms. The van der Waals surface area contributed by atoms with Crippen molar-refractivity contribution in [2.75, 3.05) is 4.90 Å². The highest BCUT2D eigenvalue weighted by Crippen LogP contribution is 2.52. The first-order valence-electron chi connectivity index (χ1n) is 21.9. The number of anilines is 3. The van der Waals surface area contributed by atoms with Crippen molar-refractivity contribution in [3.05, 3.63) is 156 Å². The van der Waals surface area contributed by atoms with Crippen molar-refractivity contribution in [2.45, 2.75) is 78.6 Å². The van der Waals surface area contributed by atoms with E-state index in [0.29, 0.717) is 0 Å². The molecule has 10 aromatic rings. The van der Waals surface area contributed by atoms with Gasteiger partial charge in [0.1, 0.15) is 5.58 Å². The molecule has 0 fully saturated rings. The van der Waals surface area contributed by atoms with Gasteiger partial charge in [-0.15, -0.1) is 0 Å². The van der Waals surface area contributed by atoms with Crippen LogP contribution in [0, 0.1) is 0 Å². The second kappa shape index (κ2) is 12.1. The molecule has 2 aliphatic rings. The predicted molar refractivity (Wildman–Crippen MR) is 260 cm³/mol. The molecule has 7 aromatic carbocycles. The lowest BCUT2D eigenvalue weighted by Crippen LogP contribution is -2.56. The summed E-state index contributed by atoms with van der Waals surface area (Å²) in [5.74, 6) is 0.898. The zero-order chi connectivity index (χ0) is 41.9. The molecular formula is C56H50BN3O. The fourth-order valence-corrected chi connectivity index (χ4v) is 10.6. The van der Waals surface area contributed by atoms with Crippen LogP contribution in [0.3, 0.4) is 0 Å². The number of hydrogen-bond acceptors (Lipinski definition) is 2. The Morgan fingerprint density at radius 2 is 1.11 bits per heavy atom. The Bertz CT molecular complexity index is 3470. The topological polar surface area (TPSA) is 26.2 Å². The van der Waals surface area contributed by atoms with E-state index in [1.165, 1.54) is 93.4 Å². The average molecular weight is 792 g/mol. The van der Waals surface area contributed by atoms with Crippen molar-refractivity contribution in [3.63, 3.8) is 0 Å². The fourth-order valence-electron chi connectivity index (χ4n) is 10.6. The van der Waals surface area contributed by atoms with Gasteiger partial charge < -0.3 is 13.5 Å². The van der Waals surface area contributed by atoms with Crippen molar-refractivity contribution in [2.24, 2.45) is 0 Å². The van der Waals surface area contributed by atoms with E-state index >= 15 is 0 Å². The van der Waals surface area contributed by atoms with E-state index in [2.05, 4.69) is 216 Å². The van der Waals surface area contributed by atoms with E-state index in [0.717, 1.165) is 22.8 Å². The number of para-hydroxylation sites is 3. The lowest BCUT2D eigenvalue weighted by Gasteiger charge is -2.39. The molecule has 0 saturated heterocycles. The maximum Gasteiger partial charge on any atom is 0.337 e. The monoisotopic (exact) mass is 791 g/mol. The quantitative estimate of drug-likeness (QED) is 0.163. The molecule has 0 amide bonds. The Morgan fingerprint density at radius 3 is 1.82 bits per heavy atom. The Balaban J connectivity index is 1.32. The largest absolute Gasteiger partial charge is 0.440 e. The summed E-state index contributed by atoms with van der Waals surface area (Å²) in [6.07, 6.45) is 0. The third-order valence-corrected chi connectivity index (χ3v) is 13.8. The van der Waals surface area contributed by atoms with Gasteiger partial charge in [-0.25, -0.2) is 0 Å². The fraction of sp³-hybridized carbons (Fsp3) is 0.214. The van der Waals surface area contributed by atoms with Crippen LogP contribution in [0.5, 0.6) is 0 Å². The Hall–Kier alpha value is -6.46. The summed E-state index contributed by atoms with van der Waals surface area (Å²) in [6, 6.07) is 52.6. The van der Waals surface area contributed by atoms with Crippen LogP contribution in [0.25, 0.3) is 71.4 Å². The van der Waals surface area contributed by atoms with E-state index in [9.17, 15) is 0 Å². The van der Waals surface area contributed by atoms with Crippen LogP contribution >= 0.6 is 0 Å². The van der Waals surface area contributed by atoms with Crippen LogP contribution in [-0.2, 0) is 16.2 Å². The zero-order valence-corrected chi connectivity index (χ0v) is 36.6. The predicted octanol–water partition coefficient (Wildman–Crippen LogP) is 13.9. The van der Waals surface area contributed by atoms with Crippen molar-refractivity contribution < 1.29 is 4.42 Å². The van der Waals surface area contributed by atoms with Gasteiger partial charge in [-0.3, -0.25) is 4.90 Å². The van der Waals surface area contributed by atoms with Gasteiger partial charge in [0, 0.05) is 66.1 Å². The summed E-state index contributed by atoms with van der Waals surface area (Å²) in [7, 11) is 0.